The quantitative estimate of drug-likeness (QED) is 0.785. The van der Waals surface area contributed by atoms with Crippen molar-refractivity contribution in [2.75, 3.05) is 0 Å². The van der Waals surface area contributed by atoms with Gasteiger partial charge >= 0.3 is 0 Å². The summed E-state index contributed by atoms with van der Waals surface area (Å²) in [5.41, 5.74) is 2.37. The zero-order chi connectivity index (χ0) is 14.2. The summed E-state index contributed by atoms with van der Waals surface area (Å²) in [5.74, 6) is 0.835. The van der Waals surface area contributed by atoms with Crippen LogP contribution in [0, 0.1) is 0 Å². The molecule has 0 amide bonds. The molecule has 2 aromatic carbocycles. The Balaban J connectivity index is 1.94. The summed E-state index contributed by atoms with van der Waals surface area (Å²) in [6.07, 6.45) is 0. The largest absolute Gasteiger partial charge is 0.325 e. The van der Waals surface area contributed by atoms with Gasteiger partial charge in [-0.3, -0.25) is 0 Å². The SMILES string of the molecule is S=S(=S)=C(OCc1ccccc1)SCc1ccccc1. The van der Waals surface area contributed by atoms with Gasteiger partial charge in [0.1, 0.15) is 0 Å². The van der Waals surface area contributed by atoms with Crippen LogP contribution >= 0.6 is 11.8 Å². The van der Waals surface area contributed by atoms with Gasteiger partial charge in [0.25, 0.3) is 0 Å². The molecule has 0 unspecified atom stereocenters. The monoisotopic (exact) mass is 338 g/mol. The normalized spacial score (nSPS) is 10.2. The Bertz CT molecular complexity index is 610. The molecule has 0 aromatic heterocycles. The number of rotatable bonds is 4. The standard InChI is InChI=1S/C15H14OS4/c17-20(18)15(16-11-13-7-3-1-4-8-13)19-12-14-9-5-2-6-10-14/h1-10H,11-12H2. The van der Waals surface area contributed by atoms with Gasteiger partial charge in [-0.25, -0.2) is 0 Å². The first-order valence-corrected chi connectivity index (χ1v) is 10.1. The van der Waals surface area contributed by atoms with E-state index >= 15 is 0 Å². The molecular formula is C15H14OS4. The predicted octanol–water partition coefficient (Wildman–Crippen LogP) is 3.77. The van der Waals surface area contributed by atoms with Crippen molar-refractivity contribution in [1.82, 2.24) is 0 Å². The lowest BCUT2D eigenvalue weighted by Crippen LogP contribution is -2.02. The highest BCUT2D eigenvalue weighted by atomic mass is 33.1. The molecule has 2 aromatic rings. The summed E-state index contributed by atoms with van der Waals surface area (Å²) < 4.78 is 6.56. The van der Waals surface area contributed by atoms with E-state index in [1.54, 1.807) is 11.8 Å². The van der Waals surface area contributed by atoms with Crippen LogP contribution in [0.15, 0.2) is 60.7 Å². The highest BCUT2D eigenvalue weighted by molar-refractivity contribution is 8.50. The number of thioether (sulfide) groups is 1. The first-order valence-electron chi connectivity index (χ1n) is 6.05. The van der Waals surface area contributed by atoms with Gasteiger partial charge in [-0.2, -0.15) is 0 Å². The van der Waals surface area contributed by atoms with Gasteiger partial charge in [-0.05, 0) is 41.1 Å². The molecule has 0 aliphatic rings. The molecule has 104 valence electrons. The van der Waals surface area contributed by atoms with Crippen molar-refractivity contribution in [2.24, 2.45) is 0 Å². The minimum Gasteiger partial charge on any atom is -0.325 e. The maximum absolute atomic E-state index is 5.79. The minimum absolute atomic E-state index is 0.523. The Labute approximate surface area is 134 Å². The Kier molecular flexibility index (Phi) is 6.69. The van der Waals surface area contributed by atoms with Crippen molar-refractivity contribution in [3.8, 4) is 0 Å². The van der Waals surface area contributed by atoms with Crippen LogP contribution in [0.5, 0.6) is 0 Å². The van der Waals surface area contributed by atoms with Gasteiger partial charge in [0.05, 0.1) is 6.61 Å². The lowest BCUT2D eigenvalue weighted by atomic mass is 10.2. The lowest BCUT2D eigenvalue weighted by Gasteiger charge is -2.06. The highest BCUT2D eigenvalue weighted by Gasteiger charge is 2.02. The highest BCUT2D eigenvalue weighted by Crippen LogP contribution is 2.15. The molecule has 0 N–H and O–H groups in total. The van der Waals surface area contributed by atoms with Crippen LogP contribution in [0.2, 0.25) is 0 Å². The second-order valence-corrected chi connectivity index (χ2v) is 8.71. The Morgan fingerprint density at radius 3 is 2.00 bits per heavy atom. The molecule has 0 heterocycles. The summed E-state index contributed by atoms with van der Waals surface area (Å²) in [7, 11) is -0.677. The Hall–Kier alpha value is -0.720. The molecule has 5 heteroatoms. The van der Waals surface area contributed by atoms with E-state index < -0.39 is 7.60 Å². The topological polar surface area (TPSA) is 9.23 Å². The van der Waals surface area contributed by atoms with Gasteiger partial charge in [-0.15, -0.1) is 0 Å². The smallest absolute Gasteiger partial charge is 0.176 e. The molecule has 0 saturated carbocycles. The molecule has 0 fully saturated rings. The number of ether oxygens (including phenoxy) is 1. The maximum atomic E-state index is 5.79. The van der Waals surface area contributed by atoms with Crippen LogP contribution in [0.4, 0.5) is 0 Å². The molecule has 0 aliphatic heterocycles. The van der Waals surface area contributed by atoms with E-state index in [9.17, 15) is 0 Å². The molecule has 0 saturated heterocycles. The molecule has 0 spiro atoms. The van der Waals surface area contributed by atoms with E-state index in [1.807, 2.05) is 48.5 Å². The predicted molar refractivity (Wildman–Crippen MR) is 96.1 cm³/mol. The third kappa shape index (κ3) is 5.34. The first kappa shape index (κ1) is 15.7. The maximum Gasteiger partial charge on any atom is 0.176 e. The molecule has 20 heavy (non-hydrogen) atoms. The van der Waals surface area contributed by atoms with E-state index in [2.05, 4.69) is 12.1 Å². The fourth-order valence-corrected chi connectivity index (χ4v) is 4.06. The minimum atomic E-state index is -0.677. The number of hydrogen-bond acceptors (Lipinski definition) is 4. The van der Waals surface area contributed by atoms with E-state index in [1.165, 1.54) is 5.56 Å². The molecule has 0 atom stereocenters. The molecule has 1 nitrogen and oxygen atoms in total. The summed E-state index contributed by atoms with van der Waals surface area (Å²) >= 11 is 12.0. The second-order valence-electron chi connectivity index (χ2n) is 4.03. The van der Waals surface area contributed by atoms with Crippen molar-refractivity contribution >= 4 is 46.1 Å². The zero-order valence-corrected chi connectivity index (χ0v) is 14.0. The number of hydrogen-bond donors (Lipinski definition) is 0. The van der Waals surface area contributed by atoms with Crippen molar-refractivity contribution in [1.29, 1.82) is 0 Å². The average Bonchev–Trinajstić information content (AvgIpc) is 2.49. The molecular weight excluding hydrogens is 324 g/mol. The van der Waals surface area contributed by atoms with E-state index in [0.29, 0.717) is 6.61 Å². The lowest BCUT2D eigenvalue weighted by molar-refractivity contribution is 0.310. The van der Waals surface area contributed by atoms with Crippen LogP contribution in [-0.2, 0) is 47.1 Å². The van der Waals surface area contributed by atoms with Crippen molar-refractivity contribution in [2.45, 2.75) is 12.4 Å². The van der Waals surface area contributed by atoms with Crippen LogP contribution in [0.3, 0.4) is 0 Å². The Morgan fingerprint density at radius 2 is 1.45 bits per heavy atom. The number of benzene rings is 2. The van der Waals surface area contributed by atoms with E-state index in [4.69, 9.17) is 27.1 Å². The summed E-state index contributed by atoms with van der Waals surface area (Å²) in [6.45, 7) is 0.523. The van der Waals surface area contributed by atoms with Gasteiger partial charge in [0.15, 0.2) is 4.38 Å². The van der Waals surface area contributed by atoms with Crippen LogP contribution in [0.1, 0.15) is 11.1 Å². The molecule has 2 rings (SSSR count). The second kappa shape index (κ2) is 8.54. The van der Waals surface area contributed by atoms with Crippen molar-refractivity contribution in [3.63, 3.8) is 0 Å². The van der Waals surface area contributed by atoms with Gasteiger partial charge in [-0.1, -0.05) is 72.4 Å². The van der Waals surface area contributed by atoms with Crippen LogP contribution < -0.4 is 0 Å². The van der Waals surface area contributed by atoms with Gasteiger partial charge in [0.2, 0.25) is 0 Å². The molecule has 0 aliphatic carbocycles. The van der Waals surface area contributed by atoms with E-state index in [-0.39, 0.29) is 0 Å². The van der Waals surface area contributed by atoms with Gasteiger partial charge in [0, 0.05) is 5.75 Å². The summed E-state index contributed by atoms with van der Waals surface area (Å²) in [4.78, 5) is 0. The third-order valence-corrected chi connectivity index (χ3v) is 6.15. The van der Waals surface area contributed by atoms with Crippen LogP contribution in [-0.4, -0.2) is 4.38 Å². The van der Waals surface area contributed by atoms with Crippen molar-refractivity contribution < 1.29 is 4.74 Å². The first-order chi connectivity index (χ1) is 9.75. The van der Waals surface area contributed by atoms with Gasteiger partial charge < -0.3 is 4.74 Å². The average molecular weight is 339 g/mol. The summed E-state index contributed by atoms with van der Waals surface area (Å²) in [5, 5.41) is 0. The molecule has 0 radical (unpaired) electrons. The van der Waals surface area contributed by atoms with Crippen molar-refractivity contribution in [3.05, 3.63) is 71.8 Å². The van der Waals surface area contributed by atoms with Crippen LogP contribution in [0.25, 0.3) is 0 Å². The fraction of sp³-hybridized carbons (Fsp3) is 0.133. The zero-order valence-electron chi connectivity index (χ0n) is 10.7. The summed E-state index contributed by atoms with van der Waals surface area (Å²) in [6, 6.07) is 20.3. The third-order valence-electron chi connectivity index (χ3n) is 2.54. The fourth-order valence-electron chi connectivity index (χ4n) is 1.57. The Morgan fingerprint density at radius 1 is 0.900 bits per heavy atom. The van der Waals surface area contributed by atoms with E-state index in [0.717, 1.165) is 15.7 Å². The molecule has 0 bridgehead atoms.